The van der Waals surface area contributed by atoms with Gasteiger partial charge in [-0.25, -0.2) is 4.39 Å². The maximum atomic E-state index is 13.7. The minimum atomic E-state index is -4.35. The second-order valence-electron chi connectivity index (χ2n) is 8.04. The molecule has 1 amide bonds. The molecule has 2 heterocycles. The first-order valence-corrected chi connectivity index (χ1v) is 10.6. The largest absolute Gasteiger partial charge is 0.390 e. The molecule has 5 nitrogen and oxygen atoms in total. The van der Waals surface area contributed by atoms with Crippen LogP contribution in [0.4, 0.5) is 23.2 Å². The molecule has 34 heavy (non-hydrogen) atoms. The van der Waals surface area contributed by atoms with Crippen LogP contribution in [0.5, 0.6) is 0 Å². The fourth-order valence-corrected chi connectivity index (χ4v) is 4.32. The fourth-order valence-electron chi connectivity index (χ4n) is 4.32. The predicted molar refractivity (Wildman–Crippen MR) is 117 cm³/mol. The van der Waals surface area contributed by atoms with Gasteiger partial charge in [0.2, 0.25) is 5.91 Å². The summed E-state index contributed by atoms with van der Waals surface area (Å²) in [6, 6.07) is 15.2. The van der Waals surface area contributed by atoms with E-state index in [1.54, 1.807) is 59.8 Å². The number of alkyl halides is 3. The highest BCUT2D eigenvalue weighted by Gasteiger charge is 2.41. The Bertz CT molecular complexity index is 1220. The number of carbonyl (C=O) groups is 1. The maximum absolute atomic E-state index is 13.7. The molecule has 1 aliphatic heterocycles. The molecule has 0 radical (unpaired) electrons. The molecule has 174 valence electrons. The number of benzene rings is 2. The van der Waals surface area contributed by atoms with E-state index < -0.39 is 36.3 Å². The molecular formula is C25H20F4N4O. The average molecular weight is 468 g/mol. The molecule has 0 fully saturated rings. The van der Waals surface area contributed by atoms with E-state index in [-0.39, 0.29) is 24.3 Å². The normalized spacial score (nSPS) is 18.1. The van der Waals surface area contributed by atoms with Gasteiger partial charge in [-0.2, -0.15) is 18.4 Å². The van der Waals surface area contributed by atoms with Crippen LogP contribution in [-0.2, 0) is 11.3 Å². The van der Waals surface area contributed by atoms with Crippen LogP contribution in [0, 0.1) is 17.1 Å². The summed E-state index contributed by atoms with van der Waals surface area (Å²) in [4.78, 5) is 19.3. The first-order valence-electron chi connectivity index (χ1n) is 10.6. The van der Waals surface area contributed by atoms with Gasteiger partial charge in [-0.1, -0.05) is 30.3 Å². The van der Waals surface area contributed by atoms with E-state index in [2.05, 4.69) is 10.3 Å². The summed E-state index contributed by atoms with van der Waals surface area (Å²) in [5.74, 6) is -2.05. The maximum Gasteiger partial charge on any atom is 0.390 e. The lowest BCUT2D eigenvalue weighted by atomic mass is 9.79. The number of carbonyl (C=O) groups excluding carboxylic acids is 1. The molecule has 0 bridgehead atoms. The third kappa shape index (κ3) is 5.07. The lowest BCUT2D eigenvalue weighted by molar-refractivity contribution is -0.140. The number of hydrogen-bond donors (Lipinski definition) is 1. The highest BCUT2D eigenvalue weighted by molar-refractivity contribution is 5.97. The molecular weight excluding hydrogens is 448 g/mol. The van der Waals surface area contributed by atoms with Gasteiger partial charge in [0.15, 0.2) is 0 Å². The molecule has 1 aliphatic rings. The summed E-state index contributed by atoms with van der Waals surface area (Å²) in [6.07, 6.45) is -2.28. The molecule has 0 saturated heterocycles. The quantitative estimate of drug-likeness (QED) is 0.515. The van der Waals surface area contributed by atoms with Crippen molar-refractivity contribution in [2.45, 2.75) is 31.1 Å². The molecule has 3 aromatic rings. The van der Waals surface area contributed by atoms with Crippen LogP contribution in [0.15, 0.2) is 67.0 Å². The summed E-state index contributed by atoms with van der Waals surface area (Å²) in [5.41, 5.74) is 2.05. The second kappa shape index (κ2) is 9.61. The molecule has 0 spiro atoms. The number of pyridine rings is 1. The molecule has 1 N–H and O–H groups in total. The van der Waals surface area contributed by atoms with Gasteiger partial charge in [0.1, 0.15) is 11.9 Å². The first kappa shape index (κ1) is 23.4. The third-order valence-corrected chi connectivity index (χ3v) is 5.82. The number of anilines is 1. The highest BCUT2D eigenvalue weighted by Crippen LogP contribution is 2.43. The Kier molecular flexibility index (Phi) is 6.61. The summed E-state index contributed by atoms with van der Waals surface area (Å²) in [5, 5.41) is 11.8. The van der Waals surface area contributed by atoms with Crippen molar-refractivity contribution in [1.29, 1.82) is 5.26 Å². The van der Waals surface area contributed by atoms with Crippen LogP contribution < -0.4 is 5.32 Å². The average Bonchev–Trinajstić information content (AvgIpc) is 2.83. The fraction of sp³-hybridized carbons (Fsp3) is 0.240. The van der Waals surface area contributed by atoms with Crippen LogP contribution in [-0.4, -0.2) is 28.5 Å². The number of amides is 1. The van der Waals surface area contributed by atoms with E-state index in [0.717, 1.165) is 11.6 Å². The Morgan fingerprint density at radius 1 is 1.18 bits per heavy atom. The van der Waals surface area contributed by atoms with Gasteiger partial charge in [-0.05, 0) is 41.0 Å². The van der Waals surface area contributed by atoms with Crippen molar-refractivity contribution in [1.82, 2.24) is 9.88 Å². The van der Waals surface area contributed by atoms with Gasteiger partial charge < -0.3 is 5.32 Å². The minimum absolute atomic E-state index is 0.220. The van der Waals surface area contributed by atoms with E-state index in [9.17, 15) is 22.4 Å². The van der Waals surface area contributed by atoms with Crippen LogP contribution in [0.3, 0.4) is 0 Å². The number of nitriles is 1. The molecule has 2 aromatic carbocycles. The summed E-state index contributed by atoms with van der Waals surface area (Å²) in [6.45, 7) is -0.0545. The van der Waals surface area contributed by atoms with Crippen molar-refractivity contribution in [3.05, 3.63) is 95.1 Å². The smallest absolute Gasteiger partial charge is 0.325 e. The topological polar surface area (TPSA) is 69.0 Å². The van der Waals surface area contributed by atoms with E-state index in [1.165, 1.54) is 12.1 Å². The molecule has 2 atom stereocenters. The number of aromatic nitrogens is 1. The molecule has 0 unspecified atom stereocenters. The van der Waals surface area contributed by atoms with Crippen molar-refractivity contribution in [3.8, 4) is 6.07 Å². The van der Waals surface area contributed by atoms with Gasteiger partial charge >= 0.3 is 6.18 Å². The van der Waals surface area contributed by atoms with Crippen LogP contribution in [0.25, 0.3) is 0 Å². The molecule has 9 heteroatoms. The Balaban J connectivity index is 1.76. The molecule has 4 rings (SSSR count). The molecule has 0 aliphatic carbocycles. The van der Waals surface area contributed by atoms with Crippen molar-refractivity contribution in [2.75, 3.05) is 11.9 Å². The Morgan fingerprint density at radius 3 is 2.68 bits per heavy atom. The standard InChI is InChI=1S/C25H20F4N4O/c26-21-8-7-19(12-18(21)13-30)32-24(34)22-20-6-2-1-4-17(20)15-33(11-9-25(27,28)29)23(22)16-5-3-10-31-14-16/h1-8,10,12,14,22-23H,9,11,15H2,(H,32,34)/t22-,23+/m0/s1. The second-order valence-corrected chi connectivity index (χ2v) is 8.04. The summed E-state index contributed by atoms with van der Waals surface area (Å²) in [7, 11) is 0. The van der Waals surface area contributed by atoms with Crippen molar-refractivity contribution in [2.24, 2.45) is 0 Å². The van der Waals surface area contributed by atoms with E-state index >= 15 is 0 Å². The lowest BCUT2D eigenvalue weighted by Gasteiger charge is -2.42. The van der Waals surface area contributed by atoms with Gasteiger partial charge in [0.05, 0.1) is 23.9 Å². The number of rotatable bonds is 5. The summed E-state index contributed by atoms with van der Waals surface area (Å²) >= 11 is 0. The number of fused-ring (bicyclic) bond motifs is 1. The predicted octanol–water partition coefficient (Wildman–Crippen LogP) is 5.32. The minimum Gasteiger partial charge on any atom is -0.325 e. The number of halogens is 4. The van der Waals surface area contributed by atoms with Crippen LogP contribution in [0.1, 0.15) is 40.6 Å². The van der Waals surface area contributed by atoms with Crippen molar-refractivity contribution in [3.63, 3.8) is 0 Å². The highest BCUT2D eigenvalue weighted by atomic mass is 19.4. The monoisotopic (exact) mass is 468 g/mol. The van der Waals surface area contributed by atoms with Crippen molar-refractivity contribution < 1.29 is 22.4 Å². The van der Waals surface area contributed by atoms with E-state index in [1.807, 2.05) is 0 Å². The number of hydrogen-bond acceptors (Lipinski definition) is 4. The van der Waals surface area contributed by atoms with Crippen LogP contribution in [0.2, 0.25) is 0 Å². The van der Waals surface area contributed by atoms with Gasteiger partial charge in [0.25, 0.3) is 0 Å². The Hall–Kier alpha value is -3.77. The number of nitrogens with one attached hydrogen (secondary N) is 1. The lowest BCUT2D eigenvalue weighted by Crippen LogP contribution is -2.43. The molecule has 0 saturated carbocycles. The summed E-state index contributed by atoms with van der Waals surface area (Å²) < 4.78 is 53.1. The van der Waals surface area contributed by atoms with E-state index in [4.69, 9.17) is 5.26 Å². The zero-order valence-corrected chi connectivity index (χ0v) is 17.9. The Morgan fingerprint density at radius 2 is 1.97 bits per heavy atom. The Labute approximate surface area is 193 Å². The van der Waals surface area contributed by atoms with Gasteiger partial charge in [-0.15, -0.1) is 0 Å². The zero-order chi connectivity index (χ0) is 24.3. The van der Waals surface area contributed by atoms with Crippen LogP contribution >= 0.6 is 0 Å². The third-order valence-electron chi connectivity index (χ3n) is 5.82. The SMILES string of the molecule is N#Cc1cc(NC(=O)[C@H]2c3ccccc3CN(CCC(F)(F)F)[C@@H]2c2cccnc2)ccc1F. The van der Waals surface area contributed by atoms with E-state index in [0.29, 0.717) is 11.1 Å². The van der Waals surface area contributed by atoms with Gasteiger partial charge in [-0.3, -0.25) is 14.7 Å². The first-order chi connectivity index (χ1) is 16.3. The van der Waals surface area contributed by atoms with Gasteiger partial charge in [0, 0.05) is 31.2 Å². The zero-order valence-electron chi connectivity index (χ0n) is 17.9. The number of nitrogens with zero attached hydrogens (tertiary/aromatic N) is 3. The molecule has 1 aromatic heterocycles. The van der Waals surface area contributed by atoms with Crippen molar-refractivity contribution >= 4 is 11.6 Å².